The van der Waals surface area contributed by atoms with Crippen LogP contribution in [0.3, 0.4) is 0 Å². The Labute approximate surface area is 322 Å². The number of carbonyl (C=O) groups is 3. The SMILES string of the molecule is CC\C=C/C=C\C=C/C=C\CCCCCC(=O)OCC(COC(=O)C/C=C\C/C=C\C/C=C\CC)OC(=O)CCCCC\C=C/C=C\C=C/C=C\CC. The Balaban J connectivity index is 4.65. The zero-order valence-corrected chi connectivity index (χ0v) is 33.0. The first-order valence-electron chi connectivity index (χ1n) is 19.8. The van der Waals surface area contributed by atoms with Gasteiger partial charge < -0.3 is 14.2 Å². The molecular formula is C47H68O6. The van der Waals surface area contributed by atoms with E-state index in [1.807, 2.05) is 79.0 Å². The van der Waals surface area contributed by atoms with Crippen LogP contribution < -0.4 is 0 Å². The fourth-order valence-corrected chi connectivity index (χ4v) is 4.46. The Bertz CT molecular complexity index is 1250. The van der Waals surface area contributed by atoms with Crippen LogP contribution >= 0.6 is 0 Å². The van der Waals surface area contributed by atoms with Crippen molar-refractivity contribution in [1.82, 2.24) is 0 Å². The van der Waals surface area contributed by atoms with Crippen molar-refractivity contribution in [2.45, 2.75) is 130 Å². The van der Waals surface area contributed by atoms with E-state index < -0.39 is 18.0 Å². The van der Waals surface area contributed by atoms with E-state index in [1.165, 1.54) is 0 Å². The molecule has 0 bridgehead atoms. The molecule has 0 heterocycles. The Morgan fingerprint density at radius 3 is 1.34 bits per heavy atom. The van der Waals surface area contributed by atoms with Gasteiger partial charge in [-0.2, -0.15) is 0 Å². The number of allylic oxidation sites excluding steroid dienone is 21. The van der Waals surface area contributed by atoms with Crippen molar-refractivity contribution in [3.63, 3.8) is 0 Å². The number of hydrogen-bond acceptors (Lipinski definition) is 6. The molecule has 292 valence electrons. The number of ether oxygens (including phenoxy) is 3. The smallest absolute Gasteiger partial charge is 0.309 e. The highest BCUT2D eigenvalue weighted by molar-refractivity contribution is 5.72. The maximum Gasteiger partial charge on any atom is 0.309 e. The first-order valence-corrected chi connectivity index (χ1v) is 19.8. The number of esters is 3. The summed E-state index contributed by atoms with van der Waals surface area (Å²) in [5, 5.41) is 0. The molecule has 0 radical (unpaired) electrons. The van der Waals surface area contributed by atoms with Crippen molar-refractivity contribution in [2.24, 2.45) is 0 Å². The first-order chi connectivity index (χ1) is 26.0. The monoisotopic (exact) mass is 729 g/mol. The van der Waals surface area contributed by atoms with Crippen molar-refractivity contribution < 1.29 is 28.6 Å². The number of unbranched alkanes of at least 4 members (excludes halogenated alkanes) is 6. The molecule has 0 spiro atoms. The molecule has 0 aromatic carbocycles. The molecule has 1 atom stereocenters. The molecule has 53 heavy (non-hydrogen) atoms. The van der Waals surface area contributed by atoms with Gasteiger partial charge in [-0.05, 0) is 70.6 Å². The van der Waals surface area contributed by atoms with E-state index in [0.29, 0.717) is 12.8 Å². The molecule has 0 N–H and O–H groups in total. The van der Waals surface area contributed by atoms with Gasteiger partial charge in [0.05, 0.1) is 6.42 Å². The summed E-state index contributed by atoms with van der Waals surface area (Å²) in [5.41, 5.74) is 0. The van der Waals surface area contributed by atoms with Crippen LogP contribution in [0.2, 0.25) is 0 Å². The third-order valence-corrected chi connectivity index (χ3v) is 7.35. The third kappa shape index (κ3) is 38.6. The van der Waals surface area contributed by atoms with Crippen LogP contribution in [0.4, 0.5) is 0 Å². The minimum atomic E-state index is -0.851. The summed E-state index contributed by atoms with van der Waals surface area (Å²) in [7, 11) is 0. The molecule has 0 aromatic heterocycles. The minimum Gasteiger partial charge on any atom is -0.462 e. The van der Waals surface area contributed by atoms with Gasteiger partial charge in [0.2, 0.25) is 0 Å². The molecule has 0 aliphatic heterocycles. The van der Waals surface area contributed by atoms with Gasteiger partial charge in [-0.1, -0.05) is 167 Å². The second-order valence-electron chi connectivity index (χ2n) is 12.2. The van der Waals surface area contributed by atoms with Crippen molar-refractivity contribution >= 4 is 17.9 Å². The van der Waals surface area contributed by atoms with Gasteiger partial charge in [-0.25, -0.2) is 0 Å². The Morgan fingerprint density at radius 1 is 0.415 bits per heavy atom. The lowest BCUT2D eigenvalue weighted by Gasteiger charge is -2.18. The molecule has 0 fully saturated rings. The number of rotatable bonds is 32. The van der Waals surface area contributed by atoms with E-state index >= 15 is 0 Å². The predicted molar refractivity (Wildman–Crippen MR) is 223 cm³/mol. The van der Waals surface area contributed by atoms with Crippen LogP contribution in [-0.2, 0) is 28.6 Å². The molecule has 0 saturated heterocycles. The third-order valence-electron chi connectivity index (χ3n) is 7.35. The second kappa shape index (κ2) is 40.3. The molecule has 1 unspecified atom stereocenters. The lowest BCUT2D eigenvalue weighted by molar-refractivity contribution is -0.166. The van der Waals surface area contributed by atoms with Crippen LogP contribution in [0.25, 0.3) is 0 Å². The number of hydrogen-bond donors (Lipinski definition) is 0. The first kappa shape index (κ1) is 48.5. The molecule has 0 aliphatic rings. The van der Waals surface area contributed by atoms with Crippen molar-refractivity contribution in [3.05, 3.63) is 134 Å². The highest BCUT2D eigenvalue weighted by Gasteiger charge is 2.19. The molecule has 6 nitrogen and oxygen atoms in total. The van der Waals surface area contributed by atoms with E-state index in [0.717, 1.165) is 70.6 Å². The zero-order valence-electron chi connectivity index (χ0n) is 33.0. The van der Waals surface area contributed by atoms with E-state index in [2.05, 4.69) is 69.4 Å². The van der Waals surface area contributed by atoms with Crippen molar-refractivity contribution in [3.8, 4) is 0 Å². The fourth-order valence-electron chi connectivity index (χ4n) is 4.46. The Hall–Kier alpha value is -4.45. The van der Waals surface area contributed by atoms with E-state index in [1.54, 1.807) is 6.08 Å². The summed E-state index contributed by atoms with van der Waals surface area (Å²) in [6, 6.07) is 0. The lowest BCUT2D eigenvalue weighted by Crippen LogP contribution is -2.30. The molecule has 0 aliphatic carbocycles. The molecule has 0 rings (SSSR count). The summed E-state index contributed by atoms with van der Waals surface area (Å²) in [6.45, 7) is 6.00. The Kier molecular flexibility index (Phi) is 36.9. The van der Waals surface area contributed by atoms with Gasteiger partial charge in [0.15, 0.2) is 6.10 Å². The van der Waals surface area contributed by atoms with Gasteiger partial charge in [0, 0.05) is 12.8 Å². The van der Waals surface area contributed by atoms with Crippen LogP contribution in [0.5, 0.6) is 0 Å². The average Bonchev–Trinajstić information content (AvgIpc) is 3.15. The standard InChI is InChI=1S/C47H68O6/c1-4-7-10-13-16-19-21-23-25-28-31-34-37-40-46(49)52-43-44(42-51-45(48)39-36-33-30-27-18-15-12-9-6-3)53-47(50)41-38-35-32-29-26-24-22-20-17-14-11-8-5-2/h7-14,16-27,33,36,44H,4-6,15,28-32,34-35,37-43H2,1-3H3/b10-7-,11-8-,12-9-,16-13-,17-14-,21-19-,22-20-,25-23-,26-24-,27-18-,36-33-. The van der Waals surface area contributed by atoms with Gasteiger partial charge >= 0.3 is 17.9 Å². The van der Waals surface area contributed by atoms with Crippen LogP contribution in [0.1, 0.15) is 124 Å². The second-order valence-corrected chi connectivity index (χ2v) is 12.2. The van der Waals surface area contributed by atoms with Crippen molar-refractivity contribution in [2.75, 3.05) is 13.2 Å². The molecule has 6 heteroatoms. The highest BCUT2D eigenvalue weighted by Crippen LogP contribution is 2.09. The lowest BCUT2D eigenvalue weighted by atomic mass is 10.1. The quantitative estimate of drug-likeness (QED) is 0.0226. The van der Waals surface area contributed by atoms with Gasteiger partial charge in [-0.3, -0.25) is 14.4 Å². The predicted octanol–water partition coefficient (Wildman–Crippen LogP) is 12.4. The largest absolute Gasteiger partial charge is 0.462 e. The topological polar surface area (TPSA) is 78.9 Å². The van der Waals surface area contributed by atoms with Crippen molar-refractivity contribution in [1.29, 1.82) is 0 Å². The van der Waals surface area contributed by atoms with Gasteiger partial charge in [0.1, 0.15) is 13.2 Å². The van der Waals surface area contributed by atoms with Crippen LogP contribution in [0, 0.1) is 0 Å². The zero-order chi connectivity index (χ0) is 38.7. The molecule has 0 saturated carbocycles. The summed E-state index contributed by atoms with van der Waals surface area (Å²) < 4.78 is 16.4. The molecular weight excluding hydrogens is 661 g/mol. The van der Waals surface area contributed by atoms with Gasteiger partial charge in [0.25, 0.3) is 0 Å². The summed E-state index contributed by atoms with van der Waals surface area (Å²) in [6.07, 6.45) is 56.1. The normalized spacial score (nSPS) is 13.5. The average molecular weight is 729 g/mol. The summed E-state index contributed by atoms with van der Waals surface area (Å²) >= 11 is 0. The van der Waals surface area contributed by atoms with Crippen LogP contribution in [0.15, 0.2) is 134 Å². The minimum absolute atomic E-state index is 0.112. The van der Waals surface area contributed by atoms with Crippen LogP contribution in [-0.4, -0.2) is 37.2 Å². The highest BCUT2D eigenvalue weighted by atomic mass is 16.6. The Morgan fingerprint density at radius 2 is 0.830 bits per heavy atom. The summed E-state index contributed by atoms with van der Waals surface area (Å²) in [5.74, 6) is -1.17. The molecule has 0 aromatic rings. The summed E-state index contributed by atoms with van der Waals surface area (Å²) in [4.78, 5) is 37.4. The van der Waals surface area contributed by atoms with E-state index in [9.17, 15) is 14.4 Å². The van der Waals surface area contributed by atoms with Gasteiger partial charge in [-0.15, -0.1) is 0 Å². The van der Waals surface area contributed by atoms with E-state index in [-0.39, 0.29) is 38.4 Å². The fraction of sp³-hybridized carbons (Fsp3) is 0.468. The maximum atomic E-state index is 12.6. The molecule has 0 amide bonds. The van der Waals surface area contributed by atoms with E-state index in [4.69, 9.17) is 14.2 Å². The maximum absolute atomic E-state index is 12.6. The number of carbonyl (C=O) groups excluding carboxylic acids is 3.